The minimum atomic E-state index is -4.02. The molecule has 2 aromatic carbocycles. The molecule has 0 atom stereocenters. The Kier molecular flexibility index (Phi) is 4.74. The maximum absolute atomic E-state index is 12.4. The third-order valence-electron chi connectivity index (χ3n) is 2.85. The molecule has 114 valence electrons. The van der Waals surface area contributed by atoms with Gasteiger partial charge in [-0.3, -0.25) is 0 Å². The van der Waals surface area contributed by atoms with Gasteiger partial charge in [-0.1, -0.05) is 6.07 Å². The molecule has 2 aromatic rings. The van der Waals surface area contributed by atoms with Crippen molar-refractivity contribution in [2.75, 3.05) is 7.11 Å². The van der Waals surface area contributed by atoms with Crippen molar-refractivity contribution in [3.05, 3.63) is 52.0 Å². The normalized spacial score (nSPS) is 10.8. The minimum absolute atomic E-state index is 0.0181. The Bertz CT molecular complexity index is 856. The van der Waals surface area contributed by atoms with Crippen LogP contribution in [0, 0.1) is 18.3 Å². The summed E-state index contributed by atoms with van der Waals surface area (Å²) in [5.41, 5.74) is 1.26. The van der Waals surface area contributed by atoms with Gasteiger partial charge in [-0.15, -0.1) is 0 Å². The van der Waals surface area contributed by atoms with Gasteiger partial charge in [0.25, 0.3) is 0 Å². The summed E-state index contributed by atoms with van der Waals surface area (Å²) in [5, 5.41) is 8.85. The molecule has 0 spiro atoms. The highest BCUT2D eigenvalue weighted by atomic mass is 79.9. The fourth-order valence-corrected chi connectivity index (χ4v) is 3.86. The molecule has 0 saturated carbocycles. The van der Waals surface area contributed by atoms with Gasteiger partial charge in [0.05, 0.1) is 18.7 Å². The first-order valence-corrected chi connectivity index (χ1v) is 8.36. The topological polar surface area (TPSA) is 76.4 Å². The van der Waals surface area contributed by atoms with Crippen LogP contribution in [-0.4, -0.2) is 15.5 Å². The first-order valence-electron chi connectivity index (χ1n) is 6.16. The molecule has 0 aliphatic carbocycles. The fourth-order valence-electron chi connectivity index (χ4n) is 1.78. The highest BCUT2D eigenvalue weighted by Crippen LogP contribution is 2.32. The Morgan fingerprint density at radius 2 is 1.86 bits per heavy atom. The van der Waals surface area contributed by atoms with E-state index < -0.39 is 10.1 Å². The van der Waals surface area contributed by atoms with E-state index in [0.717, 1.165) is 5.56 Å². The molecule has 7 heteroatoms. The average molecular weight is 382 g/mol. The predicted molar refractivity (Wildman–Crippen MR) is 84.4 cm³/mol. The first-order chi connectivity index (χ1) is 10.4. The Morgan fingerprint density at radius 3 is 2.45 bits per heavy atom. The summed E-state index contributed by atoms with van der Waals surface area (Å²) in [5.74, 6) is 0.194. The van der Waals surface area contributed by atoms with Gasteiger partial charge in [-0.2, -0.15) is 13.7 Å². The SMILES string of the molecule is COc1cc(C#N)ccc1OS(=O)(=O)c1ccc(C)cc1Br. The summed E-state index contributed by atoms with van der Waals surface area (Å²) in [6.07, 6.45) is 0. The molecular weight excluding hydrogens is 370 g/mol. The lowest BCUT2D eigenvalue weighted by Crippen LogP contribution is -2.11. The summed E-state index contributed by atoms with van der Waals surface area (Å²) in [6.45, 7) is 1.85. The van der Waals surface area contributed by atoms with Gasteiger partial charge in [0.2, 0.25) is 0 Å². The summed E-state index contributed by atoms with van der Waals surface area (Å²) in [6, 6.07) is 11.0. The standard InChI is InChI=1S/C15H12BrNO4S/c1-10-3-6-15(12(16)7-10)22(18,19)21-13-5-4-11(9-17)8-14(13)20-2/h3-8H,1-2H3. The van der Waals surface area contributed by atoms with E-state index in [2.05, 4.69) is 15.9 Å². The Balaban J connectivity index is 2.43. The number of aryl methyl sites for hydroxylation is 1. The van der Waals surface area contributed by atoms with Crippen LogP contribution in [0.15, 0.2) is 45.8 Å². The predicted octanol–water partition coefficient (Wildman–Crippen LogP) is 3.41. The number of benzene rings is 2. The number of ether oxygens (including phenoxy) is 1. The van der Waals surface area contributed by atoms with Crippen LogP contribution in [0.25, 0.3) is 0 Å². The second kappa shape index (κ2) is 6.38. The molecule has 0 heterocycles. The third kappa shape index (κ3) is 3.40. The number of hydrogen-bond acceptors (Lipinski definition) is 5. The molecule has 0 aliphatic rings. The van der Waals surface area contributed by atoms with Crippen LogP contribution in [-0.2, 0) is 10.1 Å². The zero-order valence-corrected chi connectivity index (χ0v) is 14.2. The Morgan fingerprint density at radius 1 is 1.14 bits per heavy atom. The zero-order chi connectivity index (χ0) is 16.3. The molecule has 0 aromatic heterocycles. The lowest BCUT2D eigenvalue weighted by atomic mass is 10.2. The van der Waals surface area contributed by atoms with E-state index in [1.54, 1.807) is 12.1 Å². The molecule has 0 fully saturated rings. The van der Waals surface area contributed by atoms with Gasteiger partial charge in [0.15, 0.2) is 11.5 Å². The molecule has 2 rings (SSSR count). The van der Waals surface area contributed by atoms with Crippen LogP contribution in [0.4, 0.5) is 0 Å². The average Bonchev–Trinajstić information content (AvgIpc) is 2.46. The van der Waals surface area contributed by atoms with Crippen molar-refractivity contribution in [1.82, 2.24) is 0 Å². The molecule has 22 heavy (non-hydrogen) atoms. The number of methoxy groups -OCH3 is 1. The monoisotopic (exact) mass is 381 g/mol. The van der Waals surface area contributed by atoms with Crippen LogP contribution in [0.5, 0.6) is 11.5 Å². The van der Waals surface area contributed by atoms with Crippen LogP contribution in [0.1, 0.15) is 11.1 Å². The van der Waals surface area contributed by atoms with Gasteiger partial charge in [0, 0.05) is 10.5 Å². The molecule has 0 saturated heterocycles. The summed E-state index contributed by atoms with van der Waals surface area (Å²) >= 11 is 3.22. The maximum atomic E-state index is 12.4. The van der Waals surface area contributed by atoms with Crippen molar-refractivity contribution in [1.29, 1.82) is 5.26 Å². The molecule has 0 aliphatic heterocycles. The van der Waals surface area contributed by atoms with E-state index in [0.29, 0.717) is 10.0 Å². The first kappa shape index (κ1) is 16.3. The lowest BCUT2D eigenvalue weighted by Gasteiger charge is -2.12. The third-order valence-corrected chi connectivity index (χ3v) is 5.06. The molecule has 0 bridgehead atoms. The summed E-state index contributed by atoms with van der Waals surface area (Å²) in [7, 11) is -2.65. The molecule has 0 unspecified atom stereocenters. The maximum Gasteiger partial charge on any atom is 0.340 e. The Hall–Kier alpha value is -2.04. The van der Waals surface area contributed by atoms with Gasteiger partial charge in [0.1, 0.15) is 4.90 Å². The molecular formula is C15H12BrNO4S. The van der Waals surface area contributed by atoms with E-state index in [1.807, 2.05) is 13.0 Å². The van der Waals surface area contributed by atoms with E-state index in [4.69, 9.17) is 14.2 Å². The van der Waals surface area contributed by atoms with Crippen molar-refractivity contribution in [3.63, 3.8) is 0 Å². The van der Waals surface area contributed by atoms with Crippen LogP contribution >= 0.6 is 15.9 Å². The fraction of sp³-hybridized carbons (Fsp3) is 0.133. The van der Waals surface area contributed by atoms with Crippen molar-refractivity contribution < 1.29 is 17.3 Å². The van der Waals surface area contributed by atoms with Crippen molar-refractivity contribution in [3.8, 4) is 17.6 Å². The van der Waals surface area contributed by atoms with Crippen molar-refractivity contribution in [2.24, 2.45) is 0 Å². The number of halogens is 1. The second-order valence-electron chi connectivity index (χ2n) is 4.45. The summed E-state index contributed by atoms with van der Waals surface area (Å²) in [4.78, 5) is 0.0181. The summed E-state index contributed by atoms with van der Waals surface area (Å²) < 4.78 is 35.4. The van der Waals surface area contributed by atoms with E-state index in [-0.39, 0.29) is 16.4 Å². The molecule has 0 N–H and O–H groups in total. The molecule has 0 radical (unpaired) electrons. The molecule has 0 amide bonds. The highest BCUT2D eigenvalue weighted by Gasteiger charge is 2.22. The van der Waals surface area contributed by atoms with Gasteiger partial charge < -0.3 is 8.92 Å². The van der Waals surface area contributed by atoms with Crippen LogP contribution < -0.4 is 8.92 Å². The minimum Gasteiger partial charge on any atom is -0.493 e. The van der Waals surface area contributed by atoms with Gasteiger partial charge in [-0.25, -0.2) is 0 Å². The number of rotatable bonds is 4. The highest BCUT2D eigenvalue weighted by molar-refractivity contribution is 9.10. The Labute approximate surface area is 137 Å². The number of nitrogens with zero attached hydrogens (tertiary/aromatic N) is 1. The van der Waals surface area contributed by atoms with Gasteiger partial charge >= 0.3 is 10.1 Å². The molecule has 5 nitrogen and oxygen atoms in total. The largest absolute Gasteiger partial charge is 0.493 e. The van der Waals surface area contributed by atoms with E-state index in [9.17, 15) is 8.42 Å². The number of nitriles is 1. The zero-order valence-electron chi connectivity index (χ0n) is 11.8. The van der Waals surface area contributed by atoms with Gasteiger partial charge in [-0.05, 0) is 52.7 Å². The van der Waals surface area contributed by atoms with Crippen LogP contribution in [0.2, 0.25) is 0 Å². The van der Waals surface area contributed by atoms with Crippen molar-refractivity contribution in [2.45, 2.75) is 11.8 Å². The smallest absolute Gasteiger partial charge is 0.340 e. The number of hydrogen-bond donors (Lipinski definition) is 0. The van der Waals surface area contributed by atoms with Crippen molar-refractivity contribution >= 4 is 26.0 Å². The lowest BCUT2D eigenvalue weighted by molar-refractivity contribution is 0.390. The van der Waals surface area contributed by atoms with E-state index >= 15 is 0 Å². The van der Waals surface area contributed by atoms with Crippen LogP contribution in [0.3, 0.4) is 0 Å². The van der Waals surface area contributed by atoms with E-state index in [1.165, 1.54) is 31.4 Å². The quantitative estimate of drug-likeness (QED) is 0.758. The second-order valence-corrected chi connectivity index (χ2v) is 6.82.